The molecule has 0 saturated heterocycles. The summed E-state index contributed by atoms with van der Waals surface area (Å²) in [6, 6.07) is 10.3. The van der Waals surface area contributed by atoms with E-state index in [-0.39, 0.29) is 11.1 Å². The van der Waals surface area contributed by atoms with Gasteiger partial charge in [-0.1, -0.05) is 11.6 Å². The zero-order chi connectivity index (χ0) is 12.4. The molecule has 0 spiro atoms. The Labute approximate surface area is 97.9 Å². The molecule has 0 unspecified atom stereocenters. The van der Waals surface area contributed by atoms with Gasteiger partial charge in [0, 0.05) is 11.1 Å². The third-order valence-electron chi connectivity index (χ3n) is 2.51. The van der Waals surface area contributed by atoms with Crippen LogP contribution in [0.15, 0.2) is 36.4 Å². The van der Waals surface area contributed by atoms with Crippen LogP contribution in [0, 0.1) is 29.9 Å². The quantitative estimate of drug-likeness (QED) is 0.729. The molecule has 0 atom stereocenters. The van der Waals surface area contributed by atoms with Crippen molar-refractivity contribution in [2.75, 3.05) is 0 Å². The SMILES string of the molecule is Cc1ccc(F)c(-c2cc(C#N)ccc2F)c1. The van der Waals surface area contributed by atoms with Crippen molar-refractivity contribution >= 4 is 0 Å². The molecule has 2 aromatic carbocycles. The molecular weight excluding hydrogens is 220 g/mol. The van der Waals surface area contributed by atoms with Crippen LogP contribution < -0.4 is 0 Å². The van der Waals surface area contributed by atoms with Crippen molar-refractivity contribution in [3.8, 4) is 17.2 Å². The first-order valence-electron chi connectivity index (χ1n) is 5.08. The highest BCUT2D eigenvalue weighted by Crippen LogP contribution is 2.27. The summed E-state index contributed by atoms with van der Waals surface area (Å²) in [5, 5.41) is 8.76. The Morgan fingerprint density at radius 1 is 0.941 bits per heavy atom. The Kier molecular flexibility index (Phi) is 2.88. The minimum Gasteiger partial charge on any atom is -0.206 e. The van der Waals surface area contributed by atoms with Crippen molar-refractivity contribution in [2.45, 2.75) is 6.92 Å². The molecule has 1 nitrogen and oxygen atoms in total. The standard InChI is InChI=1S/C14H9F2N/c1-9-2-4-13(15)11(6-9)12-7-10(8-17)3-5-14(12)16/h2-7H,1H3. The van der Waals surface area contributed by atoms with Crippen molar-refractivity contribution < 1.29 is 8.78 Å². The van der Waals surface area contributed by atoms with Gasteiger partial charge in [0.05, 0.1) is 11.6 Å². The predicted molar refractivity (Wildman–Crippen MR) is 61.2 cm³/mol. The number of aryl methyl sites for hydroxylation is 1. The van der Waals surface area contributed by atoms with E-state index in [0.717, 1.165) is 5.56 Å². The van der Waals surface area contributed by atoms with E-state index in [1.807, 2.05) is 6.07 Å². The van der Waals surface area contributed by atoms with Gasteiger partial charge in [0.25, 0.3) is 0 Å². The maximum absolute atomic E-state index is 13.6. The van der Waals surface area contributed by atoms with Crippen molar-refractivity contribution in [1.82, 2.24) is 0 Å². The lowest BCUT2D eigenvalue weighted by molar-refractivity contribution is 0.616. The zero-order valence-corrected chi connectivity index (χ0v) is 9.17. The fraction of sp³-hybridized carbons (Fsp3) is 0.0714. The summed E-state index contributed by atoms with van der Waals surface area (Å²) in [5.74, 6) is -1.03. The first-order valence-corrected chi connectivity index (χ1v) is 5.08. The summed E-state index contributed by atoms with van der Waals surface area (Å²) in [4.78, 5) is 0. The molecule has 0 bridgehead atoms. The fourth-order valence-corrected chi connectivity index (χ4v) is 1.65. The number of hydrogen-bond acceptors (Lipinski definition) is 1. The molecule has 2 rings (SSSR count). The Morgan fingerprint density at radius 3 is 2.18 bits per heavy atom. The molecule has 3 heteroatoms. The van der Waals surface area contributed by atoms with Gasteiger partial charge in [-0.15, -0.1) is 0 Å². The van der Waals surface area contributed by atoms with E-state index < -0.39 is 11.6 Å². The lowest BCUT2D eigenvalue weighted by Crippen LogP contribution is -1.91. The smallest absolute Gasteiger partial charge is 0.131 e. The van der Waals surface area contributed by atoms with E-state index in [1.165, 1.54) is 24.3 Å². The van der Waals surface area contributed by atoms with Crippen LogP contribution in [0.25, 0.3) is 11.1 Å². The molecule has 0 aliphatic carbocycles. The second-order valence-corrected chi connectivity index (χ2v) is 3.79. The Hall–Kier alpha value is -2.21. The first kappa shape index (κ1) is 11.3. The van der Waals surface area contributed by atoms with Gasteiger partial charge in [-0.3, -0.25) is 0 Å². The maximum Gasteiger partial charge on any atom is 0.131 e. The highest BCUT2D eigenvalue weighted by Gasteiger charge is 2.11. The summed E-state index contributed by atoms with van der Waals surface area (Å²) >= 11 is 0. The fourth-order valence-electron chi connectivity index (χ4n) is 1.65. The molecule has 2 aromatic rings. The van der Waals surface area contributed by atoms with E-state index in [9.17, 15) is 8.78 Å². The maximum atomic E-state index is 13.6. The Bertz CT molecular complexity index is 612. The number of halogens is 2. The molecule has 84 valence electrons. The van der Waals surface area contributed by atoms with Gasteiger partial charge in [-0.05, 0) is 37.3 Å². The number of hydrogen-bond donors (Lipinski definition) is 0. The molecule has 0 amide bonds. The predicted octanol–water partition coefficient (Wildman–Crippen LogP) is 3.81. The lowest BCUT2D eigenvalue weighted by Gasteiger charge is -2.06. The van der Waals surface area contributed by atoms with Crippen molar-refractivity contribution in [1.29, 1.82) is 5.26 Å². The highest BCUT2D eigenvalue weighted by atomic mass is 19.1. The zero-order valence-electron chi connectivity index (χ0n) is 9.17. The molecule has 0 aromatic heterocycles. The average molecular weight is 229 g/mol. The monoisotopic (exact) mass is 229 g/mol. The van der Waals surface area contributed by atoms with Gasteiger partial charge >= 0.3 is 0 Å². The third kappa shape index (κ3) is 2.16. The second kappa shape index (κ2) is 4.34. The largest absolute Gasteiger partial charge is 0.206 e. The van der Waals surface area contributed by atoms with Crippen LogP contribution in [0.1, 0.15) is 11.1 Å². The van der Waals surface area contributed by atoms with Gasteiger partial charge in [0.2, 0.25) is 0 Å². The number of benzene rings is 2. The van der Waals surface area contributed by atoms with Gasteiger partial charge in [0.1, 0.15) is 11.6 Å². The average Bonchev–Trinajstić information content (AvgIpc) is 2.33. The van der Waals surface area contributed by atoms with E-state index in [4.69, 9.17) is 5.26 Å². The molecule has 0 aliphatic rings. The summed E-state index contributed by atoms with van der Waals surface area (Å²) in [5.41, 5.74) is 1.44. The lowest BCUT2D eigenvalue weighted by atomic mass is 10.0. The van der Waals surface area contributed by atoms with Gasteiger partial charge in [0.15, 0.2) is 0 Å². The number of rotatable bonds is 1. The Morgan fingerprint density at radius 2 is 1.53 bits per heavy atom. The van der Waals surface area contributed by atoms with Crippen LogP contribution in [-0.4, -0.2) is 0 Å². The molecule has 17 heavy (non-hydrogen) atoms. The van der Waals surface area contributed by atoms with E-state index in [1.54, 1.807) is 19.1 Å². The molecule has 0 N–H and O–H groups in total. The summed E-state index contributed by atoms with van der Waals surface area (Å²) in [6.45, 7) is 1.80. The van der Waals surface area contributed by atoms with Gasteiger partial charge < -0.3 is 0 Å². The molecule has 0 heterocycles. The highest BCUT2D eigenvalue weighted by molar-refractivity contribution is 5.67. The van der Waals surface area contributed by atoms with Gasteiger partial charge in [-0.25, -0.2) is 8.78 Å². The van der Waals surface area contributed by atoms with Crippen molar-refractivity contribution in [3.05, 3.63) is 59.2 Å². The Balaban J connectivity index is 2.68. The molecule has 0 saturated carbocycles. The van der Waals surface area contributed by atoms with Crippen LogP contribution in [0.5, 0.6) is 0 Å². The molecule has 0 aliphatic heterocycles. The van der Waals surface area contributed by atoms with Crippen LogP contribution >= 0.6 is 0 Å². The van der Waals surface area contributed by atoms with E-state index >= 15 is 0 Å². The van der Waals surface area contributed by atoms with Crippen LogP contribution in [0.3, 0.4) is 0 Å². The number of nitrogens with zero attached hydrogens (tertiary/aromatic N) is 1. The van der Waals surface area contributed by atoms with Crippen molar-refractivity contribution in [2.24, 2.45) is 0 Å². The van der Waals surface area contributed by atoms with E-state index in [0.29, 0.717) is 5.56 Å². The van der Waals surface area contributed by atoms with Crippen LogP contribution in [0.4, 0.5) is 8.78 Å². The van der Waals surface area contributed by atoms with Gasteiger partial charge in [-0.2, -0.15) is 5.26 Å². The van der Waals surface area contributed by atoms with E-state index in [2.05, 4.69) is 0 Å². The topological polar surface area (TPSA) is 23.8 Å². The van der Waals surface area contributed by atoms with Crippen molar-refractivity contribution in [3.63, 3.8) is 0 Å². The summed E-state index contributed by atoms with van der Waals surface area (Å²) in [6.07, 6.45) is 0. The molecular formula is C14H9F2N. The van der Waals surface area contributed by atoms with Crippen LogP contribution in [0.2, 0.25) is 0 Å². The first-order chi connectivity index (χ1) is 8.11. The third-order valence-corrected chi connectivity index (χ3v) is 2.51. The van der Waals surface area contributed by atoms with Crippen LogP contribution in [-0.2, 0) is 0 Å². The minimum atomic E-state index is -0.534. The number of nitriles is 1. The second-order valence-electron chi connectivity index (χ2n) is 3.79. The molecule has 0 fully saturated rings. The minimum absolute atomic E-state index is 0.116. The summed E-state index contributed by atoms with van der Waals surface area (Å²) in [7, 11) is 0. The molecule has 0 radical (unpaired) electrons. The summed E-state index contributed by atoms with van der Waals surface area (Å²) < 4.78 is 27.2. The normalized spacial score (nSPS) is 10.0.